The quantitative estimate of drug-likeness (QED) is 0.845. The van der Waals surface area contributed by atoms with Crippen LogP contribution in [-0.4, -0.2) is 59.8 Å². The van der Waals surface area contributed by atoms with Crippen molar-refractivity contribution < 1.29 is 14.1 Å². The zero-order valence-electron chi connectivity index (χ0n) is 14.7. The van der Waals surface area contributed by atoms with Gasteiger partial charge in [0.05, 0.1) is 17.2 Å². The molecule has 0 aliphatic carbocycles. The van der Waals surface area contributed by atoms with Gasteiger partial charge in [0, 0.05) is 44.9 Å². The molecule has 3 aliphatic heterocycles. The molecule has 0 bridgehead atoms. The predicted molar refractivity (Wildman–Crippen MR) is 88.5 cm³/mol. The first-order valence-corrected chi connectivity index (χ1v) is 9.15. The average Bonchev–Trinajstić information content (AvgIpc) is 3.30. The average molecular weight is 333 g/mol. The number of likely N-dealkylation sites (tertiary alicyclic amines) is 2. The van der Waals surface area contributed by atoms with Crippen LogP contribution in [0.4, 0.5) is 0 Å². The van der Waals surface area contributed by atoms with Crippen molar-refractivity contribution in [1.82, 2.24) is 15.0 Å². The summed E-state index contributed by atoms with van der Waals surface area (Å²) in [6.45, 7) is 9.05. The molecule has 0 N–H and O–H groups in total. The van der Waals surface area contributed by atoms with Crippen molar-refractivity contribution in [3.05, 3.63) is 17.0 Å². The van der Waals surface area contributed by atoms with Crippen LogP contribution < -0.4 is 0 Å². The van der Waals surface area contributed by atoms with E-state index in [9.17, 15) is 4.79 Å². The largest absolute Gasteiger partial charge is 0.377 e. The second kappa shape index (κ2) is 6.15. The van der Waals surface area contributed by atoms with E-state index in [1.807, 2.05) is 13.8 Å². The highest BCUT2D eigenvalue weighted by molar-refractivity contribution is 5.84. The number of rotatable bonds is 3. The van der Waals surface area contributed by atoms with E-state index in [1.54, 1.807) is 0 Å². The Morgan fingerprint density at radius 1 is 1.29 bits per heavy atom. The Bertz CT molecular complexity index is 604. The summed E-state index contributed by atoms with van der Waals surface area (Å²) in [4.78, 5) is 17.7. The van der Waals surface area contributed by atoms with Crippen molar-refractivity contribution in [1.29, 1.82) is 0 Å². The fourth-order valence-electron chi connectivity index (χ4n) is 4.66. The van der Waals surface area contributed by atoms with E-state index in [1.165, 1.54) is 0 Å². The smallest absolute Gasteiger partial charge is 0.232 e. The Morgan fingerprint density at radius 3 is 2.79 bits per heavy atom. The molecule has 0 unspecified atom stereocenters. The first-order chi connectivity index (χ1) is 11.6. The third-order valence-corrected chi connectivity index (χ3v) is 6.08. The summed E-state index contributed by atoms with van der Waals surface area (Å²) in [6, 6.07) is 0. The van der Waals surface area contributed by atoms with Gasteiger partial charge < -0.3 is 14.2 Å². The Balaban J connectivity index is 1.54. The van der Waals surface area contributed by atoms with E-state index in [0.29, 0.717) is 12.5 Å². The number of piperidine rings is 1. The van der Waals surface area contributed by atoms with Gasteiger partial charge in [-0.15, -0.1) is 0 Å². The third-order valence-electron chi connectivity index (χ3n) is 6.08. The molecule has 4 rings (SSSR count). The molecule has 0 radical (unpaired) electrons. The molecule has 2 atom stereocenters. The highest BCUT2D eigenvalue weighted by Gasteiger charge is 2.54. The first-order valence-electron chi connectivity index (χ1n) is 9.15. The van der Waals surface area contributed by atoms with E-state index < -0.39 is 0 Å². The zero-order chi connectivity index (χ0) is 16.7. The standard InChI is InChI=1S/C18H27N3O3/c1-13-15(14(2)24-19-13)11-20-9-5-16-18(12-20,6-10-23-16)17(22)21-7-3-4-8-21/h16H,3-12H2,1-2H3/t16-,18-/m1/s1. The summed E-state index contributed by atoms with van der Waals surface area (Å²) < 4.78 is 11.3. The summed E-state index contributed by atoms with van der Waals surface area (Å²) in [5.74, 6) is 1.21. The molecule has 3 fully saturated rings. The van der Waals surface area contributed by atoms with Gasteiger partial charge in [-0.3, -0.25) is 9.69 Å². The van der Waals surface area contributed by atoms with Gasteiger partial charge in [0.25, 0.3) is 0 Å². The van der Waals surface area contributed by atoms with Crippen molar-refractivity contribution in [3.63, 3.8) is 0 Å². The van der Waals surface area contributed by atoms with Gasteiger partial charge in [-0.1, -0.05) is 5.16 Å². The van der Waals surface area contributed by atoms with E-state index in [4.69, 9.17) is 9.26 Å². The van der Waals surface area contributed by atoms with Gasteiger partial charge in [-0.25, -0.2) is 0 Å². The van der Waals surface area contributed by atoms with E-state index in [0.717, 1.165) is 75.4 Å². The number of ether oxygens (including phenoxy) is 1. The number of nitrogens with zero attached hydrogens (tertiary/aromatic N) is 3. The molecule has 1 amide bonds. The molecule has 4 heterocycles. The zero-order valence-corrected chi connectivity index (χ0v) is 14.7. The molecule has 1 aromatic heterocycles. The molecule has 3 saturated heterocycles. The lowest BCUT2D eigenvalue weighted by molar-refractivity contribution is -0.149. The summed E-state index contributed by atoms with van der Waals surface area (Å²) in [7, 11) is 0. The Morgan fingerprint density at radius 2 is 2.08 bits per heavy atom. The maximum atomic E-state index is 13.3. The third kappa shape index (κ3) is 2.56. The van der Waals surface area contributed by atoms with E-state index in [2.05, 4.69) is 15.0 Å². The maximum absolute atomic E-state index is 13.3. The monoisotopic (exact) mass is 333 g/mol. The van der Waals surface area contributed by atoms with Gasteiger partial charge in [0.1, 0.15) is 5.76 Å². The van der Waals surface area contributed by atoms with Gasteiger partial charge in [-0.05, 0) is 39.5 Å². The number of amides is 1. The molecule has 132 valence electrons. The Labute approximate surface area is 143 Å². The van der Waals surface area contributed by atoms with E-state index >= 15 is 0 Å². The van der Waals surface area contributed by atoms with Crippen LogP contribution in [0.5, 0.6) is 0 Å². The minimum Gasteiger partial charge on any atom is -0.377 e. The topological polar surface area (TPSA) is 58.8 Å². The molecular weight excluding hydrogens is 306 g/mol. The van der Waals surface area contributed by atoms with Crippen LogP contribution in [0.25, 0.3) is 0 Å². The summed E-state index contributed by atoms with van der Waals surface area (Å²) in [6.07, 6.45) is 4.15. The highest BCUT2D eigenvalue weighted by Crippen LogP contribution is 2.43. The van der Waals surface area contributed by atoms with Crippen molar-refractivity contribution in [2.45, 2.75) is 52.2 Å². The van der Waals surface area contributed by atoms with Crippen molar-refractivity contribution in [2.75, 3.05) is 32.8 Å². The molecule has 3 aliphatic rings. The second-order valence-electron chi connectivity index (χ2n) is 7.57. The first kappa shape index (κ1) is 16.1. The van der Waals surface area contributed by atoms with Crippen molar-refractivity contribution in [3.8, 4) is 0 Å². The van der Waals surface area contributed by atoms with Crippen LogP contribution in [0.1, 0.15) is 42.7 Å². The number of carbonyl (C=O) groups excluding carboxylic acids is 1. The van der Waals surface area contributed by atoms with Crippen LogP contribution >= 0.6 is 0 Å². The van der Waals surface area contributed by atoms with Gasteiger partial charge in [0.2, 0.25) is 5.91 Å². The summed E-state index contributed by atoms with van der Waals surface area (Å²) >= 11 is 0. The fourth-order valence-corrected chi connectivity index (χ4v) is 4.66. The van der Waals surface area contributed by atoms with Crippen molar-refractivity contribution in [2.24, 2.45) is 5.41 Å². The normalized spacial score (nSPS) is 30.8. The predicted octanol–water partition coefficient (Wildman–Crippen LogP) is 1.89. The number of hydrogen-bond donors (Lipinski definition) is 0. The van der Waals surface area contributed by atoms with Crippen LogP contribution in [0, 0.1) is 19.3 Å². The lowest BCUT2D eigenvalue weighted by Crippen LogP contribution is -2.57. The SMILES string of the molecule is Cc1noc(C)c1CN1CC[C@H]2OCC[C@@]2(C(=O)N2CCCC2)C1. The highest BCUT2D eigenvalue weighted by atomic mass is 16.5. The Hall–Kier alpha value is -1.40. The minimum absolute atomic E-state index is 0.0894. The lowest BCUT2D eigenvalue weighted by Gasteiger charge is -2.44. The minimum atomic E-state index is -0.346. The molecular formula is C18H27N3O3. The molecule has 6 nitrogen and oxygen atoms in total. The number of fused-ring (bicyclic) bond motifs is 1. The van der Waals surface area contributed by atoms with Crippen LogP contribution in [-0.2, 0) is 16.1 Å². The number of carbonyl (C=O) groups is 1. The molecule has 0 saturated carbocycles. The molecule has 6 heteroatoms. The lowest BCUT2D eigenvalue weighted by atomic mass is 9.75. The van der Waals surface area contributed by atoms with Crippen LogP contribution in [0.15, 0.2) is 4.52 Å². The van der Waals surface area contributed by atoms with Crippen LogP contribution in [0.2, 0.25) is 0 Å². The fraction of sp³-hybridized carbons (Fsp3) is 0.778. The van der Waals surface area contributed by atoms with Gasteiger partial charge >= 0.3 is 0 Å². The maximum Gasteiger partial charge on any atom is 0.232 e. The second-order valence-corrected chi connectivity index (χ2v) is 7.57. The number of hydrogen-bond acceptors (Lipinski definition) is 5. The summed E-state index contributed by atoms with van der Waals surface area (Å²) in [5.41, 5.74) is 1.77. The summed E-state index contributed by atoms with van der Waals surface area (Å²) in [5, 5.41) is 4.06. The number of aromatic nitrogens is 1. The molecule has 0 spiro atoms. The number of aryl methyl sites for hydroxylation is 2. The molecule has 0 aromatic carbocycles. The molecule has 1 aromatic rings. The Kier molecular flexibility index (Phi) is 4.12. The van der Waals surface area contributed by atoms with Crippen molar-refractivity contribution >= 4 is 5.91 Å². The van der Waals surface area contributed by atoms with E-state index in [-0.39, 0.29) is 11.5 Å². The van der Waals surface area contributed by atoms with Gasteiger partial charge in [0.15, 0.2) is 0 Å². The molecule has 24 heavy (non-hydrogen) atoms. The van der Waals surface area contributed by atoms with Gasteiger partial charge in [-0.2, -0.15) is 0 Å². The van der Waals surface area contributed by atoms with Crippen LogP contribution in [0.3, 0.4) is 0 Å².